The summed E-state index contributed by atoms with van der Waals surface area (Å²) in [5.41, 5.74) is 0.749. The molecule has 0 fully saturated rings. The average Bonchev–Trinajstić information content (AvgIpc) is 2.40. The van der Waals surface area contributed by atoms with Crippen molar-refractivity contribution >= 4 is 21.6 Å². The fourth-order valence-corrected chi connectivity index (χ4v) is 2.34. The molecule has 0 spiro atoms. The maximum absolute atomic E-state index is 14.0. The Kier molecular flexibility index (Phi) is 4.70. The van der Waals surface area contributed by atoms with E-state index in [1.165, 1.54) is 30.1 Å². The van der Waals surface area contributed by atoms with Gasteiger partial charge in [-0.3, -0.25) is 0 Å². The largest absolute Gasteiger partial charge is 0.365 e. The van der Waals surface area contributed by atoms with Gasteiger partial charge in [-0.1, -0.05) is 34.1 Å². The van der Waals surface area contributed by atoms with Crippen molar-refractivity contribution in [2.24, 2.45) is 0 Å². The molecule has 0 N–H and O–H groups in total. The van der Waals surface area contributed by atoms with E-state index in [0.717, 1.165) is 0 Å². The summed E-state index contributed by atoms with van der Waals surface area (Å²) in [4.78, 5) is 1.36. The molecule has 1 nitrogen and oxygen atoms in total. The van der Waals surface area contributed by atoms with Gasteiger partial charge in [-0.2, -0.15) is 0 Å². The molecule has 0 aromatic heterocycles. The van der Waals surface area contributed by atoms with Crippen LogP contribution in [0.15, 0.2) is 36.4 Å². The van der Waals surface area contributed by atoms with Crippen molar-refractivity contribution in [1.82, 2.24) is 0 Å². The van der Waals surface area contributed by atoms with Crippen molar-refractivity contribution in [3.63, 3.8) is 0 Å². The van der Waals surface area contributed by atoms with Gasteiger partial charge < -0.3 is 4.90 Å². The average molecular weight is 344 g/mol. The molecule has 106 valence electrons. The maximum atomic E-state index is 14.0. The van der Waals surface area contributed by atoms with Gasteiger partial charge in [0.25, 0.3) is 0 Å². The van der Waals surface area contributed by atoms with Crippen LogP contribution in [-0.4, -0.2) is 7.05 Å². The van der Waals surface area contributed by atoms with Gasteiger partial charge in [-0.25, -0.2) is 13.2 Å². The molecule has 0 amide bonds. The molecule has 2 rings (SSSR count). The second-order valence-corrected chi connectivity index (χ2v) is 5.05. The molecule has 0 aliphatic carbocycles. The van der Waals surface area contributed by atoms with Gasteiger partial charge in [-0.05, 0) is 23.8 Å². The van der Waals surface area contributed by atoms with Crippen molar-refractivity contribution < 1.29 is 13.2 Å². The number of halogens is 4. The highest BCUT2D eigenvalue weighted by Gasteiger charge is 2.16. The molecular weight excluding hydrogens is 331 g/mol. The first-order valence-electron chi connectivity index (χ1n) is 6.01. The smallest absolute Gasteiger partial charge is 0.149 e. The fourth-order valence-electron chi connectivity index (χ4n) is 2.02. The molecule has 0 saturated heterocycles. The van der Waals surface area contributed by atoms with Crippen LogP contribution in [-0.2, 0) is 11.9 Å². The lowest BCUT2D eigenvalue weighted by Gasteiger charge is -2.21. The van der Waals surface area contributed by atoms with E-state index in [9.17, 15) is 13.2 Å². The molecule has 5 heteroatoms. The minimum atomic E-state index is -0.654. The second kappa shape index (κ2) is 6.31. The summed E-state index contributed by atoms with van der Waals surface area (Å²) >= 11 is 3.15. The van der Waals surface area contributed by atoms with E-state index >= 15 is 0 Å². The molecule has 2 aromatic carbocycles. The predicted molar refractivity (Wildman–Crippen MR) is 77.5 cm³/mol. The number of rotatable bonds is 4. The highest BCUT2D eigenvalue weighted by molar-refractivity contribution is 9.08. The molecule has 0 heterocycles. The summed E-state index contributed by atoms with van der Waals surface area (Å²) in [6, 6.07) is 8.71. The highest BCUT2D eigenvalue weighted by Crippen LogP contribution is 2.26. The van der Waals surface area contributed by atoms with Crippen molar-refractivity contribution in [2.45, 2.75) is 11.9 Å². The number of anilines is 1. The Balaban J connectivity index is 2.30. The molecule has 0 bridgehead atoms. The number of benzene rings is 2. The Morgan fingerprint density at radius 2 is 1.60 bits per heavy atom. The number of nitrogens with zero attached hydrogens (tertiary/aromatic N) is 1. The standard InChI is InChI=1S/C15H13BrF3N/c1-20(9-11-4-2-3-5-12(11)17)15-13(18)6-10(8-16)7-14(15)19/h2-7H,8-9H2,1H3. The molecule has 0 radical (unpaired) electrons. The number of hydrogen-bond donors (Lipinski definition) is 0. The van der Waals surface area contributed by atoms with Gasteiger partial charge in [-0.15, -0.1) is 0 Å². The summed E-state index contributed by atoms with van der Waals surface area (Å²) in [7, 11) is 1.53. The van der Waals surface area contributed by atoms with Gasteiger partial charge in [0.05, 0.1) is 0 Å². The Labute approximate surface area is 124 Å². The molecular formula is C15H13BrF3N. The topological polar surface area (TPSA) is 3.24 Å². The summed E-state index contributed by atoms with van der Waals surface area (Å²) in [6.45, 7) is 0.0914. The van der Waals surface area contributed by atoms with Gasteiger partial charge in [0.1, 0.15) is 23.1 Å². The van der Waals surface area contributed by atoms with E-state index in [0.29, 0.717) is 16.5 Å². The fraction of sp³-hybridized carbons (Fsp3) is 0.200. The minimum Gasteiger partial charge on any atom is -0.365 e. The minimum absolute atomic E-state index is 0.0914. The quantitative estimate of drug-likeness (QED) is 0.731. The zero-order chi connectivity index (χ0) is 14.7. The van der Waals surface area contributed by atoms with Crippen LogP contribution < -0.4 is 4.90 Å². The first kappa shape index (κ1) is 14.9. The van der Waals surface area contributed by atoms with Gasteiger partial charge >= 0.3 is 0 Å². The van der Waals surface area contributed by atoms with Crippen LogP contribution in [0.25, 0.3) is 0 Å². The maximum Gasteiger partial charge on any atom is 0.149 e. The molecule has 20 heavy (non-hydrogen) atoms. The lowest BCUT2D eigenvalue weighted by atomic mass is 10.1. The Morgan fingerprint density at radius 3 is 2.15 bits per heavy atom. The van der Waals surface area contributed by atoms with E-state index in [1.54, 1.807) is 18.2 Å². The first-order chi connectivity index (χ1) is 9.52. The van der Waals surface area contributed by atoms with Crippen LogP contribution in [0.2, 0.25) is 0 Å². The molecule has 0 aliphatic heterocycles. The van der Waals surface area contributed by atoms with E-state index in [-0.39, 0.29) is 12.2 Å². The molecule has 0 aliphatic rings. The van der Waals surface area contributed by atoms with Crippen LogP contribution in [0.5, 0.6) is 0 Å². The van der Waals surface area contributed by atoms with E-state index in [1.807, 2.05) is 0 Å². The van der Waals surface area contributed by atoms with E-state index in [4.69, 9.17) is 0 Å². The van der Waals surface area contributed by atoms with Crippen molar-refractivity contribution in [3.05, 3.63) is 65.0 Å². The summed E-state index contributed by atoms with van der Waals surface area (Å²) in [6.07, 6.45) is 0. The highest BCUT2D eigenvalue weighted by atomic mass is 79.9. The normalized spacial score (nSPS) is 10.7. The Hall–Kier alpha value is -1.49. The lowest BCUT2D eigenvalue weighted by molar-refractivity contribution is 0.569. The second-order valence-electron chi connectivity index (χ2n) is 4.49. The molecule has 2 aromatic rings. The zero-order valence-corrected chi connectivity index (χ0v) is 12.4. The third-order valence-corrected chi connectivity index (χ3v) is 3.63. The van der Waals surface area contributed by atoms with Crippen LogP contribution in [0.3, 0.4) is 0 Å². The first-order valence-corrected chi connectivity index (χ1v) is 7.13. The lowest BCUT2D eigenvalue weighted by Crippen LogP contribution is -2.20. The van der Waals surface area contributed by atoms with Crippen LogP contribution in [0.4, 0.5) is 18.9 Å². The summed E-state index contributed by atoms with van der Waals surface area (Å²) < 4.78 is 41.5. The van der Waals surface area contributed by atoms with Gasteiger partial charge in [0, 0.05) is 24.5 Å². The van der Waals surface area contributed by atoms with Gasteiger partial charge in [0.15, 0.2) is 0 Å². The van der Waals surface area contributed by atoms with Crippen molar-refractivity contribution in [1.29, 1.82) is 0 Å². The van der Waals surface area contributed by atoms with Crippen molar-refractivity contribution in [3.8, 4) is 0 Å². The summed E-state index contributed by atoms with van der Waals surface area (Å²) in [5.74, 6) is -1.70. The predicted octanol–water partition coefficient (Wildman–Crippen LogP) is 4.64. The van der Waals surface area contributed by atoms with Crippen LogP contribution in [0, 0.1) is 17.5 Å². The molecule has 0 unspecified atom stereocenters. The van der Waals surface area contributed by atoms with Crippen molar-refractivity contribution in [2.75, 3.05) is 11.9 Å². The Bertz CT molecular complexity index is 593. The third kappa shape index (κ3) is 3.15. The zero-order valence-electron chi connectivity index (χ0n) is 10.8. The monoisotopic (exact) mass is 343 g/mol. The van der Waals surface area contributed by atoms with Crippen LogP contribution >= 0.6 is 15.9 Å². The number of hydrogen-bond acceptors (Lipinski definition) is 1. The third-order valence-electron chi connectivity index (χ3n) is 2.98. The molecule has 0 saturated carbocycles. The van der Waals surface area contributed by atoms with E-state index < -0.39 is 17.5 Å². The summed E-state index contributed by atoms with van der Waals surface area (Å²) in [5, 5.41) is 0.373. The Morgan fingerprint density at radius 1 is 1.00 bits per heavy atom. The van der Waals surface area contributed by atoms with Gasteiger partial charge in [0.2, 0.25) is 0 Å². The number of alkyl halides is 1. The van der Waals surface area contributed by atoms with E-state index in [2.05, 4.69) is 15.9 Å². The molecule has 0 atom stereocenters. The SMILES string of the molecule is CN(Cc1ccccc1F)c1c(F)cc(CBr)cc1F. The van der Waals surface area contributed by atoms with Crippen LogP contribution in [0.1, 0.15) is 11.1 Å².